The van der Waals surface area contributed by atoms with Crippen LogP contribution in [-0.2, 0) is 0 Å². The maximum Gasteiger partial charge on any atom is 0.288 e. The van der Waals surface area contributed by atoms with E-state index in [4.69, 9.17) is 11.6 Å². The highest BCUT2D eigenvalue weighted by atomic mass is 35.5. The molecule has 0 unspecified atom stereocenters. The molecule has 9 heteroatoms. The number of carboxylic acid groups (broad SMARTS) is 1. The van der Waals surface area contributed by atoms with Crippen LogP contribution in [-0.4, -0.2) is 15.5 Å². The van der Waals surface area contributed by atoms with Gasteiger partial charge in [0.05, 0.1) is 27.4 Å². The number of carbonyl (C=O) groups is 1. The lowest BCUT2D eigenvalue weighted by atomic mass is 10.1. The largest absolute Gasteiger partial charge is 0.545 e. The number of rotatable bonds is 3. The highest BCUT2D eigenvalue weighted by Gasteiger charge is 2.19. The minimum absolute atomic E-state index is 0.136. The monoisotopic (exact) mass is 361 g/mol. The van der Waals surface area contributed by atoms with E-state index in [0.29, 0.717) is 5.69 Å². The van der Waals surface area contributed by atoms with Crippen LogP contribution in [0.15, 0.2) is 47.4 Å². The van der Waals surface area contributed by atoms with Gasteiger partial charge < -0.3 is 14.5 Å². The van der Waals surface area contributed by atoms with Crippen LogP contribution < -0.4 is 10.5 Å². The van der Waals surface area contributed by atoms with E-state index in [2.05, 4.69) is 0 Å². The molecule has 0 aliphatic rings. The van der Waals surface area contributed by atoms with Crippen LogP contribution in [0.1, 0.15) is 10.4 Å². The lowest BCUT2D eigenvalue weighted by molar-refractivity contribution is -0.384. The summed E-state index contributed by atoms with van der Waals surface area (Å²) < 4.78 is 14.4. The van der Waals surface area contributed by atoms with Crippen molar-refractivity contribution in [3.8, 4) is 5.69 Å². The second-order valence-corrected chi connectivity index (χ2v) is 5.49. The van der Waals surface area contributed by atoms with Crippen LogP contribution in [0.4, 0.5) is 10.1 Å². The summed E-state index contributed by atoms with van der Waals surface area (Å²) >= 11 is 5.89. The smallest absolute Gasteiger partial charge is 0.288 e. The van der Waals surface area contributed by atoms with Crippen LogP contribution in [0, 0.1) is 15.9 Å². The number of aromatic nitrogens is 1. The van der Waals surface area contributed by atoms with Crippen molar-refractivity contribution in [2.45, 2.75) is 0 Å². The first-order valence-electron chi connectivity index (χ1n) is 6.80. The zero-order valence-electron chi connectivity index (χ0n) is 12.2. The number of pyridine rings is 1. The van der Waals surface area contributed by atoms with Crippen LogP contribution in [0.3, 0.4) is 0 Å². The van der Waals surface area contributed by atoms with Crippen molar-refractivity contribution in [1.82, 2.24) is 4.57 Å². The maximum atomic E-state index is 13.1. The van der Waals surface area contributed by atoms with Crippen LogP contribution in [0.2, 0.25) is 5.02 Å². The average molecular weight is 362 g/mol. The summed E-state index contributed by atoms with van der Waals surface area (Å²) in [6.07, 6.45) is 1.01. The Bertz CT molecular complexity index is 1090. The van der Waals surface area contributed by atoms with E-state index in [-0.39, 0.29) is 15.9 Å². The number of aromatic carboxylic acids is 1. The molecular formula is C16H7ClFN2O5-. The molecule has 0 atom stereocenters. The molecule has 2 aromatic carbocycles. The summed E-state index contributed by atoms with van der Waals surface area (Å²) in [7, 11) is 0. The van der Waals surface area contributed by atoms with Crippen molar-refractivity contribution in [3.05, 3.63) is 79.3 Å². The molecule has 0 bridgehead atoms. The minimum Gasteiger partial charge on any atom is -0.545 e. The molecule has 0 fully saturated rings. The van der Waals surface area contributed by atoms with Gasteiger partial charge in [-0.15, -0.1) is 0 Å². The zero-order valence-corrected chi connectivity index (χ0v) is 13.0. The molecule has 0 saturated carbocycles. The molecule has 0 spiro atoms. The van der Waals surface area contributed by atoms with Gasteiger partial charge in [-0.2, -0.15) is 0 Å². The normalized spacial score (nSPS) is 10.8. The zero-order chi connectivity index (χ0) is 18.3. The summed E-state index contributed by atoms with van der Waals surface area (Å²) in [4.78, 5) is 33.8. The number of nitrogens with zero attached hydrogens (tertiary/aromatic N) is 2. The average Bonchev–Trinajstić information content (AvgIpc) is 2.55. The van der Waals surface area contributed by atoms with Gasteiger partial charge >= 0.3 is 0 Å². The Hall–Kier alpha value is -3.26. The first kappa shape index (κ1) is 16.6. The van der Waals surface area contributed by atoms with Crippen LogP contribution in [0.5, 0.6) is 0 Å². The Balaban J connectivity index is 2.47. The number of carbonyl (C=O) groups excluding carboxylic acids is 1. The Kier molecular flexibility index (Phi) is 3.97. The Morgan fingerprint density at radius 2 is 1.84 bits per heavy atom. The predicted octanol–water partition coefficient (Wildman–Crippen LogP) is 2.05. The quantitative estimate of drug-likeness (QED) is 0.524. The van der Waals surface area contributed by atoms with E-state index in [0.717, 1.165) is 24.4 Å². The van der Waals surface area contributed by atoms with E-state index in [1.54, 1.807) is 0 Å². The molecule has 1 heterocycles. The van der Waals surface area contributed by atoms with Crippen molar-refractivity contribution in [2.75, 3.05) is 0 Å². The fraction of sp³-hybridized carbons (Fsp3) is 0. The van der Waals surface area contributed by atoms with E-state index in [9.17, 15) is 29.2 Å². The summed E-state index contributed by atoms with van der Waals surface area (Å²) in [6, 6.07) is 7.09. The van der Waals surface area contributed by atoms with Gasteiger partial charge in [0.1, 0.15) is 10.8 Å². The Labute approximate surface area is 143 Å². The third-order valence-corrected chi connectivity index (χ3v) is 3.90. The number of carboxylic acids is 1. The minimum atomic E-state index is -1.74. The molecule has 0 N–H and O–H groups in total. The third kappa shape index (κ3) is 2.83. The number of hydrogen-bond donors (Lipinski definition) is 0. The topological polar surface area (TPSA) is 105 Å². The van der Waals surface area contributed by atoms with Crippen LogP contribution in [0.25, 0.3) is 16.6 Å². The first-order chi connectivity index (χ1) is 11.8. The summed E-state index contributed by atoms with van der Waals surface area (Å²) in [5, 5.41) is 21.8. The number of benzene rings is 2. The molecular weight excluding hydrogens is 355 g/mol. The van der Waals surface area contributed by atoms with E-state index in [1.807, 2.05) is 0 Å². The maximum absolute atomic E-state index is 13.1. The third-order valence-electron chi connectivity index (χ3n) is 3.59. The SMILES string of the molecule is O=C([O-])c1cn(-c2ccc(F)cc2)c2cc(Cl)c([N+](=O)[O-])cc2c1=O. The van der Waals surface area contributed by atoms with Crippen molar-refractivity contribution in [2.24, 2.45) is 0 Å². The second kappa shape index (κ2) is 5.99. The molecule has 0 saturated heterocycles. The van der Waals surface area contributed by atoms with Gasteiger partial charge in [-0.3, -0.25) is 14.9 Å². The molecule has 25 heavy (non-hydrogen) atoms. The van der Waals surface area contributed by atoms with E-state index >= 15 is 0 Å². The van der Waals surface area contributed by atoms with E-state index in [1.165, 1.54) is 22.8 Å². The number of nitro benzene ring substituents is 1. The van der Waals surface area contributed by atoms with Gasteiger partial charge in [0.15, 0.2) is 5.43 Å². The fourth-order valence-electron chi connectivity index (χ4n) is 2.44. The molecule has 3 aromatic rings. The van der Waals surface area contributed by atoms with Gasteiger partial charge in [-0.05, 0) is 30.3 Å². The van der Waals surface area contributed by atoms with Crippen molar-refractivity contribution in [3.63, 3.8) is 0 Å². The van der Waals surface area contributed by atoms with Crippen molar-refractivity contribution in [1.29, 1.82) is 0 Å². The molecule has 7 nitrogen and oxygen atoms in total. The highest BCUT2D eigenvalue weighted by molar-refractivity contribution is 6.33. The standard InChI is InChI=1S/C16H8ClFN2O5/c17-12-6-13-10(5-14(12)20(24)25)15(21)11(16(22)23)7-19(13)9-3-1-8(18)2-4-9/h1-7H,(H,22,23)/p-1. The molecule has 1 aromatic heterocycles. The Morgan fingerprint density at radius 3 is 2.40 bits per heavy atom. The van der Waals surface area contributed by atoms with Crippen molar-refractivity contribution < 1.29 is 19.2 Å². The number of halogens is 2. The summed E-state index contributed by atoms with van der Waals surface area (Å²) in [5.41, 5.74) is -1.69. The molecule has 3 rings (SSSR count). The van der Waals surface area contributed by atoms with E-state index < -0.39 is 33.4 Å². The lowest BCUT2D eigenvalue weighted by Crippen LogP contribution is -2.30. The van der Waals surface area contributed by atoms with Crippen molar-refractivity contribution >= 4 is 34.2 Å². The summed E-state index contributed by atoms with van der Waals surface area (Å²) in [6.45, 7) is 0. The highest BCUT2D eigenvalue weighted by Crippen LogP contribution is 2.30. The Morgan fingerprint density at radius 1 is 1.20 bits per heavy atom. The number of fused-ring (bicyclic) bond motifs is 1. The molecule has 0 aliphatic heterocycles. The van der Waals surface area contributed by atoms with Gasteiger partial charge in [0.25, 0.3) is 5.69 Å². The second-order valence-electron chi connectivity index (χ2n) is 5.08. The molecule has 0 amide bonds. The number of hydrogen-bond acceptors (Lipinski definition) is 5. The summed E-state index contributed by atoms with van der Waals surface area (Å²) in [5.74, 6) is -2.25. The molecule has 0 aliphatic carbocycles. The van der Waals surface area contributed by atoms with Gasteiger partial charge in [-0.1, -0.05) is 11.6 Å². The first-order valence-corrected chi connectivity index (χ1v) is 7.18. The molecule has 0 radical (unpaired) electrons. The fourth-order valence-corrected chi connectivity index (χ4v) is 2.66. The van der Waals surface area contributed by atoms with Gasteiger partial charge in [0, 0.05) is 18.0 Å². The van der Waals surface area contributed by atoms with Crippen LogP contribution >= 0.6 is 11.6 Å². The molecule has 126 valence electrons. The lowest BCUT2D eigenvalue weighted by Gasteiger charge is -2.14. The number of nitro groups is 1. The predicted molar refractivity (Wildman–Crippen MR) is 85.5 cm³/mol. The van der Waals surface area contributed by atoms with Gasteiger partial charge in [0.2, 0.25) is 0 Å². The van der Waals surface area contributed by atoms with Gasteiger partial charge in [-0.25, -0.2) is 4.39 Å².